The van der Waals surface area contributed by atoms with E-state index in [9.17, 15) is 9.59 Å². The molecule has 2 aromatic carbocycles. The van der Waals surface area contributed by atoms with Crippen molar-refractivity contribution in [1.82, 2.24) is 0 Å². The topological polar surface area (TPSA) is 75.6 Å². The first-order valence-corrected chi connectivity index (χ1v) is 7.85. The van der Waals surface area contributed by atoms with E-state index in [-0.39, 0.29) is 11.5 Å². The molecule has 126 valence electrons. The Kier molecular flexibility index (Phi) is 5.95. The van der Waals surface area contributed by atoms with E-state index >= 15 is 0 Å². The summed E-state index contributed by atoms with van der Waals surface area (Å²) < 4.78 is 5.38. The van der Waals surface area contributed by atoms with E-state index in [1.54, 1.807) is 19.1 Å². The van der Waals surface area contributed by atoms with E-state index in [1.165, 1.54) is 6.07 Å². The Morgan fingerprint density at radius 1 is 1.12 bits per heavy atom. The number of carboxylic acids is 1. The van der Waals surface area contributed by atoms with Crippen LogP contribution in [0.5, 0.6) is 5.75 Å². The maximum Gasteiger partial charge on any atom is 0.336 e. The van der Waals surface area contributed by atoms with Crippen molar-refractivity contribution in [2.24, 2.45) is 0 Å². The summed E-state index contributed by atoms with van der Waals surface area (Å²) in [5, 5.41) is 11.9. The zero-order valence-electron chi connectivity index (χ0n) is 13.8. The number of nitrogens with one attached hydrogen (secondary N) is 1. The van der Waals surface area contributed by atoms with Gasteiger partial charge in [-0.15, -0.1) is 0 Å². The molecule has 0 bridgehead atoms. The fraction of sp³-hybridized carbons (Fsp3) is 0.263. The molecular formula is C19H21NO4. The summed E-state index contributed by atoms with van der Waals surface area (Å²) in [7, 11) is 0. The second-order valence-corrected chi connectivity index (χ2v) is 5.46. The number of carboxylic acid groups (broad SMARTS) is 1. The number of ether oxygens (including phenoxy) is 1. The van der Waals surface area contributed by atoms with E-state index in [4.69, 9.17) is 9.84 Å². The minimum absolute atomic E-state index is 0.149. The number of hydrogen-bond acceptors (Lipinski definition) is 3. The quantitative estimate of drug-likeness (QED) is 0.813. The second-order valence-electron chi connectivity index (χ2n) is 5.46. The van der Waals surface area contributed by atoms with Crippen LogP contribution in [0.2, 0.25) is 0 Å². The molecular weight excluding hydrogens is 306 g/mol. The smallest absolute Gasteiger partial charge is 0.336 e. The third-order valence-electron chi connectivity index (χ3n) is 3.63. The van der Waals surface area contributed by atoms with Crippen molar-refractivity contribution >= 4 is 17.6 Å². The summed E-state index contributed by atoms with van der Waals surface area (Å²) >= 11 is 0. The fourth-order valence-corrected chi connectivity index (χ4v) is 2.33. The normalized spacial score (nSPS) is 10.2. The monoisotopic (exact) mass is 327 g/mol. The lowest BCUT2D eigenvalue weighted by Crippen LogP contribution is -2.13. The zero-order chi connectivity index (χ0) is 17.5. The molecule has 0 saturated carbocycles. The minimum atomic E-state index is -1.00. The average Bonchev–Trinajstić information content (AvgIpc) is 2.56. The largest absolute Gasteiger partial charge is 0.494 e. The van der Waals surface area contributed by atoms with Gasteiger partial charge < -0.3 is 15.2 Å². The summed E-state index contributed by atoms with van der Waals surface area (Å²) in [5.41, 5.74) is 2.40. The molecule has 0 spiro atoms. The van der Waals surface area contributed by atoms with Gasteiger partial charge in [0.05, 0.1) is 12.2 Å². The van der Waals surface area contributed by atoms with Crippen LogP contribution in [0.4, 0.5) is 5.69 Å². The van der Waals surface area contributed by atoms with Gasteiger partial charge in [0, 0.05) is 12.1 Å². The molecule has 0 unspecified atom stereocenters. The van der Waals surface area contributed by atoms with Gasteiger partial charge in [-0.25, -0.2) is 4.79 Å². The Morgan fingerprint density at radius 2 is 1.83 bits per heavy atom. The molecule has 1 amide bonds. The van der Waals surface area contributed by atoms with Crippen LogP contribution in [-0.2, 0) is 11.2 Å². The third kappa shape index (κ3) is 4.84. The molecule has 0 aliphatic heterocycles. The first-order valence-electron chi connectivity index (χ1n) is 7.85. The number of amides is 1. The molecule has 0 heterocycles. The zero-order valence-corrected chi connectivity index (χ0v) is 13.8. The van der Waals surface area contributed by atoms with Crippen LogP contribution in [-0.4, -0.2) is 23.6 Å². The van der Waals surface area contributed by atoms with Crippen molar-refractivity contribution in [1.29, 1.82) is 0 Å². The number of aromatic carboxylic acids is 1. The predicted octanol–water partition coefficient (Wildman–Crippen LogP) is 3.66. The summed E-state index contributed by atoms with van der Waals surface area (Å²) in [6.45, 7) is 4.27. The first kappa shape index (κ1) is 17.5. The molecule has 0 fully saturated rings. The highest BCUT2D eigenvalue weighted by atomic mass is 16.5. The van der Waals surface area contributed by atoms with Gasteiger partial charge >= 0.3 is 5.97 Å². The molecule has 24 heavy (non-hydrogen) atoms. The highest BCUT2D eigenvalue weighted by molar-refractivity contribution is 5.94. The molecule has 0 aromatic heterocycles. The van der Waals surface area contributed by atoms with Crippen LogP contribution >= 0.6 is 0 Å². The van der Waals surface area contributed by atoms with Crippen molar-refractivity contribution in [3.63, 3.8) is 0 Å². The van der Waals surface area contributed by atoms with Gasteiger partial charge in [-0.2, -0.15) is 0 Å². The molecule has 2 N–H and O–H groups in total. The molecule has 0 atom stereocenters. The van der Waals surface area contributed by atoms with Crippen molar-refractivity contribution in [2.45, 2.75) is 26.7 Å². The summed E-state index contributed by atoms with van der Waals surface area (Å²) in [5.74, 6) is -0.339. The van der Waals surface area contributed by atoms with Crippen LogP contribution < -0.4 is 10.1 Å². The van der Waals surface area contributed by atoms with Gasteiger partial charge in [0.1, 0.15) is 5.75 Å². The molecule has 0 aliphatic rings. The molecule has 0 radical (unpaired) electrons. The van der Waals surface area contributed by atoms with Crippen LogP contribution in [0.3, 0.4) is 0 Å². The van der Waals surface area contributed by atoms with Crippen molar-refractivity contribution < 1.29 is 19.4 Å². The molecule has 5 heteroatoms. The Labute approximate surface area is 141 Å². The molecule has 0 aliphatic carbocycles. The molecule has 2 rings (SSSR count). The van der Waals surface area contributed by atoms with E-state index in [0.29, 0.717) is 30.7 Å². The van der Waals surface area contributed by atoms with Crippen LogP contribution in [0.1, 0.15) is 34.8 Å². The maximum absolute atomic E-state index is 12.0. The maximum atomic E-state index is 12.0. The van der Waals surface area contributed by atoms with Crippen molar-refractivity contribution in [2.75, 3.05) is 11.9 Å². The Bertz CT molecular complexity index is 723. The number of benzene rings is 2. The average molecular weight is 327 g/mol. The highest BCUT2D eigenvalue weighted by Gasteiger charge is 2.09. The first-order chi connectivity index (χ1) is 11.5. The lowest BCUT2D eigenvalue weighted by molar-refractivity contribution is -0.116. The SMILES string of the molecule is CCOc1ccc(CCC(=O)Nc2ccc(C)c(C(=O)O)c2)cc1. The van der Waals surface area contributed by atoms with Gasteiger partial charge in [-0.1, -0.05) is 18.2 Å². The summed E-state index contributed by atoms with van der Waals surface area (Å²) in [6, 6.07) is 12.5. The number of anilines is 1. The fourth-order valence-electron chi connectivity index (χ4n) is 2.33. The van der Waals surface area contributed by atoms with E-state index in [2.05, 4.69) is 5.32 Å². The number of rotatable bonds is 7. The number of aryl methyl sites for hydroxylation is 2. The second kappa shape index (κ2) is 8.15. The number of carbonyl (C=O) groups is 2. The lowest BCUT2D eigenvalue weighted by Gasteiger charge is -2.08. The molecule has 0 saturated heterocycles. The Hall–Kier alpha value is -2.82. The Morgan fingerprint density at radius 3 is 2.46 bits per heavy atom. The van der Waals surface area contributed by atoms with Gasteiger partial charge in [0.25, 0.3) is 0 Å². The van der Waals surface area contributed by atoms with Crippen LogP contribution in [0.25, 0.3) is 0 Å². The molecule has 5 nitrogen and oxygen atoms in total. The van der Waals surface area contributed by atoms with Gasteiger partial charge in [0.2, 0.25) is 5.91 Å². The standard InChI is InChI=1S/C19H21NO4/c1-3-24-16-9-5-14(6-10-16)7-11-18(21)20-15-8-4-13(2)17(12-15)19(22)23/h4-6,8-10,12H,3,7,11H2,1-2H3,(H,20,21)(H,22,23). The predicted molar refractivity (Wildman–Crippen MR) is 92.7 cm³/mol. The van der Waals surface area contributed by atoms with Gasteiger partial charge in [-0.05, 0) is 55.7 Å². The Balaban J connectivity index is 1.91. The third-order valence-corrected chi connectivity index (χ3v) is 3.63. The van der Waals surface area contributed by atoms with Crippen LogP contribution in [0.15, 0.2) is 42.5 Å². The minimum Gasteiger partial charge on any atom is -0.494 e. The van der Waals surface area contributed by atoms with Crippen molar-refractivity contribution in [3.8, 4) is 5.75 Å². The summed E-state index contributed by atoms with van der Waals surface area (Å²) in [4.78, 5) is 23.2. The van der Waals surface area contributed by atoms with Crippen LogP contribution in [0, 0.1) is 6.92 Å². The lowest BCUT2D eigenvalue weighted by atomic mass is 10.1. The number of carbonyl (C=O) groups excluding carboxylic acids is 1. The van der Waals surface area contributed by atoms with Gasteiger partial charge in [-0.3, -0.25) is 4.79 Å². The van der Waals surface area contributed by atoms with E-state index in [0.717, 1.165) is 11.3 Å². The van der Waals surface area contributed by atoms with E-state index in [1.807, 2.05) is 31.2 Å². The van der Waals surface area contributed by atoms with E-state index < -0.39 is 5.97 Å². The van der Waals surface area contributed by atoms with Crippen molar-refractivity contribution in [3.05, 3.63) is 59.2 Å². The highest BCUT2D eigenvalue weighted by Crippen LogP contribution is 2.17. The summed E-state index contributed by atoms with van der Waals surface area (Å²) in [6.07, 6.45) is 0.931. The molecule has 2 aromatic rings. The number of hydrogen-bond donors (Lipinski definition) is 2. The van der Waals surface area contributed by atoms with Gasteiger partial charge in [0.15, 0.2) is 0 Å².